The molecule has 0 N–H and O–H groups in total. The Morgan fingerprint density at radius 2 is 1.47 bits per heavy atom. The second-order valence-corrected chi connectivity index (χ2v) is 7.52. The molecule has 30 heavy (non-hydrogen) atoms. The molecule has 0 fully saturated rings. The van der Waals surface area contributed by atoms with Crippen LogP contribution in [-0.2, 0) is 19.9 Å². The van der Waals surface area contributed by atoms with Crippen molar-refractivity contribution in [2.75, 3.05) is 13.2 Å². The molecule has 2 aromatic rings. The molecule has 0 spiro atoms. The summed E-state index contributed by atoms with van der Waals surface area (Å²) in [6, 6.07) is 18.7. The van der Waals surface area contributed by atoms with Gasteiger partial charge in [-0.1, -0.05) is 93.8 Å². The van der Waals surface area contributed by atoms with Crippen LogP contribution in [-0.4, -0.2) is 25.0 Å². The Hall–Kier alpha value is -2.46. The number of unbranched alkanes of at least 4 members (excludes halogenated alkanes) is 3. The molecule has 0 aromatic heterocycles. The van der Waals surface area contributed by atoms with Gasteiger partial charge in [0.15, 0.2) is 11.4 Å². The lowest BCUT2D eigenvalue weighted by Crippen LogP contribution is -2.40. The van der Waals surface area contributed by atoms with Gasteiger partial charge >= 0.3 is 5.97 Å². The Morgan fingerprint density at radius 3 is 2.10 bits per heavy atom. The van der Waals surface area contributed by atoms with E-state index >= 15 is 0 Å². The van der Waals surface area contributed by atoms with Gasteiger partial charge in [-0.2, -0.15) is 0 Å². The van der Waals surface area contributed by atoms with Crippen LogP contribution >= 0.6 is 0 Å². The van der Waals surface area contributed by atoms with E-state index in [0.717, 1.165) is 37.7 Å². The molecule has 0 heterocycles. The van der Waals surface area contributed by atoms with Crippen molar-refractivity contribution in [2.24, 2.45) is 0 Å². The van der Waals surface area contributed by atoms with E-state index in [0.29, 0.717) is 18.8 Å². The smallest absolute Gasteiger partial charge is 0.305 e. The van der Waals surface area contributed by atoms with Gasteiger partial charge in [0.1, 0.15) is 0 Å². The van der Waals surface area contributed by atoms with Crippen LogP contribution in [0, 0.1) is 0 Å². The first kappa shape index (κ1) is 23.8. The van der Waals surface area contributed by atoms with Gasteiger partial charge < -0.3 is 9.47 Å². The second-order valence-electron chi connectivity index (χ2n) is 7.52. The fourth-order valence-electron chi connectivity index (χ4n) is 3.48. The van der Waals surface area contributed by atoms with E-state index in [2.05, 4.69) is 6.92 Å². The van der Waals surface area contributed by atoms with E-state index in [1.165, 1.54) is 0 Å². The van der Waals surface area contributed by atoms with Crippen molar-refractivity contribution < 1.29 is 19.1 Å². The van der Waals surface area contributed by atoms with E-state index in [1.807, 2.05) is 55.5 Å². The van der Waals surface area contributed by atoms with Crippen molar-refractivity contribution in [3.63, 3.8) is 0 Å². The van der Waals surface area contributed by atoms with Gasteiger partial charge in [-0.15, -0.1) is 0 Å². The van der Waals surface area contributed by atoms with Gasteiger partial charge in [0.2, 0.25) is 0 Å². The van der Waals surface area contributed by atoms with Crippen molar-refractivity contribution in [1.29, 1.82) is 0 Å². The molecule has 0 saturated carbocycles. The Kier molecular flexibility index (Phi) is 10.3. The molecule has 4 nitrogen and oxygen atoms in total. The van der Waals surface area contributed by atoms with E-state index in [4.69, 9.17) is 9.47 Å². The lowest BCUT2D eigenvalue weighted by atomic mass is 9.82. The van der Waals surface area contributed by atoms with Gasteiger partial charge in [-0.25, -0.2) is 0 Å². The predicted octanol–water partition coefficient (Wildman–Crippen LogP) is 6.10. The van der Waals surface area contributed by atoms with Crippen LogP contribution in [0.4, 0.5) is 0 Å². The first-order chi connectivity index (χ1) is 14.6. The summed E-state index contributed by atoms with van der Waals surface area (Å²) in [5, 5.41) is 0. The molecule has 1 atom stereocenters. The number of rotatable bonds is 14. The molecule has 2 rings (SSSR count). The largest absolute Gasteiger partial charge is 0.466 e. The van der Waals surface area contributed by atoms with Crippen LogP contribution in [0.1, 0.15) is 74.7 Å². The Labute approximate surface area is 180 Å². The lowest BCUT2D eigenvalue weighted by molar-refractivity contribution is -0.145. The number of esters is 1. The highest BCUT2D eigenvalue weighted by Gasteiger charge is 2.42. The number of benzene rings is 2. The van der Waals surface area contributed by atoms with Gasteiger partial charge in [0, 0.05) is 18.6 Å². The summed E-state index contributed by atoms with van der Waals surface area (Å²) in [6.07, 6.45) is 5.36. The maximum Gasteiger partial charge on any atom is 0.305 e. The normalized spacial score (nSPS) is 12.9. The summed E-state index contributed by atoms with van der Waals surface area (Å²) in [5.74, 6) is -0.416. The van der Waals surface area contributed by atoms with Gasteiger partial charge in [-0.3, -0.25) is 9.59 Å². The first-order valence-electron chi connectivity index (χ1n) is 11.1. The summed E-state index contributed by atoms with van der Waals surface area (Å²) in [5.41, 5.74) is 0.148. The average molecular weight is 411 g/mol. The predicted molar refractivity (Wildman–Crippen MR) is 119 cm³/mol. The molecule has 0 bridgehead atoms. The molecule has 1 unspecified atom stereocenters. The minimum absolute atomic E-state index is 0.118. The van der Waals surface area contributed by atoms with Crippen LogP contribution in [0.15, 0.2) is 60.7 Å². The molecule has 162 valence electrons. The number of hydrogen-bond donors (Lipinski definition) is 0. The van der Waals surface area contributed by atoms with Crippen molar-refractivity contribution >= 4 is 11.8 Å². The minimum atomic E-state index is -1.21. The van der Waals surface area contributed by atoms with E-state index < -0.39 is 5.60 Å². The molecule has 4 heteroatoms. The number of ketones is 1. The number of ether oxygens (including phenoxy) is 2. The third-order valence-electron chi connectivity index (χ3n) is 5.14. The van der Waals surface area contributed by atoms with Gasteiger partial charge in [-0.05, 0) is 24.8 Å². The molecule has 0 aliphatic rings. The van der Waals surface area contributed by atoms with Crippen molar-refractivity contribution in [1.82, 2.24) is 0 Å². The molecular weight excluding hydrogens is 376 g/mol. The van der Waals surface area contributed by atoms with Crippen molar-refractivity contribution in [3.8, 4) is 0 Å². The fraction of sp³-hybridized carbons (Fsp3) is 0.462. The zero-order chi connectivity index (χ0) is 21.7. The van der Waals surface area contributed by atoms with Crippen molar-refractivity contribution in [3.05, 3.63) is 71.8 Å². The van der Waals surface area contributed by atoms with Gasteiger partial charge in [0.05, 0.1) is 6.61 Å². The first-order valence-corrected chi connectivity index (χ1v) is 11.1. The average Bonchev–Trinajstić information content (AvgIpc) is 2.80. The Balaban J connectivity index is 2.34. The Bertz CT molecular complexity index is 757. The number of carbonyl (C=O) groups excluding carboxylic acids is 2. The number of carbonyl (C=O) groups is 2. The lowest BCUT2D eigenvalue weighted by Gasteiger charge is -2.33. The topological polar surface area (TPSA) is 52.6 Å². The Morgan fingerprint density at radius 1 is 0.800 bits per heavy atom. The quantitative estimate of drug-likeness (QED) is 0.215. The third kappa shape index (κ3) is 6.81. The highest BCUT2D eigenvalue weighted by molar-refractivity contribution is 6.03. The maximum absolute atomic E-state index is 13.7. The van der Waals surface area contributed by atoms with E-state index in [1.54, 1.807) is 12.1 Å². The summed E-state index contributed by atoms with van der Waals surface area (Å²) in [4.78, 5) is 26.0. The minimum Gasteiger partial charge on any atom is -0.466 e. The summed E-state index contributed by atoms with van der Waals surface area (Å²) in [7, 11) is 0. The fourth-order valence-corrected chi connectivity index (χ4v) is 3.48. The maximum atomic E-state index is 13.7. The highest BCUT2D eigenvalue weighted by atomic mass is 16.5. The summed E-state index contributed by atoms with van der Waals surface area (Å²) < 4.78 is 11.6. The number of Topliss-reactive ketones (excluding diaryl/α,β-unsaturated/α-hetero) is 1. The molecule has 0 aliphatic carbocycles. The van der Waals surface area contributed by atoms with E-state index in [9.17, 15) is 9.59 Å². The highest BCUT2D eigenvalue weighted by Crippen LogP contribution is 2.35. The molecule has 0 saturated heterocycles. The SMILES string of the molecule is CCCCCCOC(CCC(=O)OCCC)(C(=O)c1ccccc1)c1ccccc1. The van der Waals surface area contributed by atoms with Crippen LogP contribution in [0.5, 0.6) is 0 Å². The van der Waals surface area contributed by atoms with Crippen LogP contribution in [0.3, 0.4) is 0 Å². The second kappa shape index (κ2) is 13.0. The standard InChI is InChI=1S/C26H34O4/c1-3-5-6-13-21-30-26(23-16-11-8-12-17-23,19-18-24(27)29-20-4-2)25(28)22-14-9-7-10-15-22/h7-12,14-17H,3-6,13,18-21H2,1-2H3. The van der Waals surface area contributed by atoms with Crippen LogP contribution in [0.2, 0.25) is 0 Å². The van der Waals surface area contributed by atoms with Crippen molar-refractivity contribution in [2.45, 2.75) is 64.4 Å². The molecule has 0 aliphatic heterocycles. The van der Waals surface area contributed by atoms with Crippen LogP contribution < -0.4 is 0 Å². The molecular formula is C26H34O4. The van der Waals surface area contributed by atoms with Crippen LogP contribution in [0.25, 0.3) is 0 Å². The zero-order valence-corrected chi connectivity index (χ0v) is 18.3. The monoisotopic (exact) mass is 410 g/mol. The molecule has 0 radical (unpaired) electrons. The van der Waals surface area contributed by atoms with Gasteiger partial charge in [0.25, 0.3) is 0 Å². The van der Waals surface area contributed by atoms with E-state index in [-0.39, 0.29) is 24.6 Å². The molecule has 2 aromatic carbocycles. The molecule has 0 amide bonds. The summed E-state index contributed by atoms with van der Waals surface area (Å²) in [6.45, 7) is 4.98. The third-order valence-corrected chi connectivity index (χ3v) is 5.14. The number of hydrogen-bond acceptors (Lipinski definition) is 4. The summed E-state index contributed by atoms with van der Waals surface area (Å²) >= 11 is 0. The zero-order valence-electron chi connectivity index (χ0n) is 18.3.